The summed E-state index contributed by atoms with van der Waals surface area (Å²) in [5.74, 6) is -0.615. The molecule has 0 saturated heterocycles. The van der Waals surface area contributed by atoms with Crippen molar-refractivity contribution in [2.75, 3.05) is 7.11 Å². The van der Waals surface area contributed by atoms with Gasteiger partial charge in [-0.15, -0.1) is 0 Å². The van der Waals surface area contributed by atoms with Crippen LogP contribution in [0.15, 0.2) is 18.2 Å². The van der Waals surface area contributed by atoms with Crippen LogP contribution in [0, 0.1) is 6.92 Å². The van der Waals surface area contributed by atoms with Gasteiger partial charge in [-0.1, -0.05) is 30.7 Å². The Morgan fingerprint density at radius 2 is 2.20 bits per heavy atom. The van der Waals surface area contributed by atoms with Crippen LogP contribution in [0.1, 0.15) is 29.7 Å². The van der Waals surface area contributed by atoms with Crippen LogP contribution < -0.4 is 0 Å². The Morgan fingerprint density at radius 3 is 2.73 bits per heavy atom. The van der Waals surface area contributed by atoms with Crippen LogP contribution in [0.5, 0.6) is 0 Å². The molecule has 1 rings (SSSR count). The average Bonchev–Trinajstić information content (AvgIpc) is 2.27. The zero-order valence-electron chi connectivity index (χ0n) is 9.28. The second-order valence-electron chi connectivity index (χ2n) is 3.48. The maximum Gasteiger partial charge on any atom is 0.339 e. The van der Waals surface area contributed by atoms with Crippen molar-refractivity contribution in [3.8, 4) is 0 Å². The third-order valence-electron chi connectivity index (χ3n) is 2.40. The molecule has 0 saturated carbocycles. The second-order valence-corrected chi connectivity index (χ2v) is 3.48. The summed E-state index contributed by atoms with van der Waals surface area (Å²) in [6.45, 7) is 3.91. The highest BCUT2D eigenvalue weighted by Crippen LogP contribution is 2.21. The first kappa shape index (κ1) is 11.7. The molecule has 1 aromatic rings. The molecule has 82 valence electrons. The number of aliphatic hydroxyl groups excluding tert-OH is 1. The van der Waals surface area contributed by atoms with Crippen molar-refractivity contribution in [3.63, 3.8) is 0 Å². The summed E-state index contributed by atoms with van der Waals surface area (Å²) in [5, 5.41) is 9.75. The van der Waals surface area contributed by atoms with Gasteiger partial charge in [-0.25, -0.2) is 4.79 Å². The number of aryl methyl sites for hydroxylation is 2. The van der Waals surface area contributed by atoms with Crippen LogP contribution in [0.25, 0.3) is 0 Å². The number of methoxy groups -OCH3 is 1. The zero-order chi connectivity index (χ0) is 11.4. The lowest BCUT2D eigenvalue weighted by molar-refractivity contribution is -0.150. The molecule has 0 aromatic heterocycles. The third-order valence-corrected chi connectivity index (χ3v) is 2.40. The van der Waals surface area contributed by atoms with Gasteiger partial charge < -0.3 is 9.84 Å². The number of ether oxygens (including phenoxy) is 1. The number of aliphatic hydroxyl groups is 1. The van der Waals surface area contributed by atoms with Crippen molar-refractivity contribution in [1.29, 1.82) is 0 Å². The molecule has 3 heteroatoms. The molecule has 0 fully saturated rings. The zero-order valence-corrected chi connectivity index (χ0v) is 9.28. The van der Waals surface area contributed by atoms with Crippen LogP contribution in [0.3, 0.4) is 0 Å². The van der Waals surface area contributed by atoms with Gasteiger partial charge in [0.1, 0.15) is 0 Å². The van der Waals surface area contributed by atoms with Crippen LogP contribution >= 0.6 is 0 Å². The molecule has 0 aliphatic rings. The smallest absolute Gasteiger partial charge is 0.339 e. The Labute approximate surface area is 89.7 Å². The molecule has 1 atom stereocenters. The van der Waals surface area contributed by atoms with E-state index in [1.54, 1.807) is 0 Å². The quantitative estimate of drug-likeness (QED) is 0.770. The van der Waals surface area contributed by atoms with Crippen molar-refractivity contribution < 1.29 is 14.6 Å². The van der Waals surface area contributed by atoms with E-state index in [9.17, 15) is 9.90 Å². The van der Waals surface area contributed by atoms with E-state index in [0.29, 0.717) is 5.56 Å². The maximum absolute atomic E-state index is 11.2. The van der Waals surface area contributed by atoms with Crippen molar-refractivity contribution in [2.24, 2.45) is 0 Å². The first-order chi connectivity index (χ1) is 7.10. The van der Waals surface area contributed by atoms with Crippen molar-refractivity contribution in [3.05, 3.63) is 34.9 Å². The van der Waals surface area contributed by atoms with Gasteiger partial charge in [0.15, 0.2) is 6.10 Å². The SMILES string of the molecule is CCc1ccc(C)cc1C(O)C(=O)OC. The Kier molecular flexibility index (Phi) is 3.86. The van der Waals surface area contributed by atoms with Crippen molar-refractivity contribution >= 4 is 5.97 Å². The lowest BCUT2D eigenvalue weighted by Gasteiger charge is -2.13. The van der Waals surface area contributed by atoms with Gasteiger partial charge in [0, 0.05) is 0 Å². The minimum atomic E-state index is -1.18. The molecule has 1 unspecified atom stereocenters. The predicted molar refractivity (Wildman–Crippen MR) is 57.5 cm³/mol. The van der Waals surface area contributed by atoms with Gasteiger partial charge in [0.2, 0.25) is 0 Å². The van der Waals surface area contributed by atoms with E-state index < -0.39 is 12.1 Å². The Morgan fingerprint density at radius 1 is 1.53 bits per heavy atom. The monoisotopic (exact) mass is 208 g/mol. The molecule has 0 bridgehead atoms. The highest BCUT2D eigenvalue weighted by atomic mass is 16.5. The molecule has 0 aliphatic carbocycles. The van der Waals surface area contributed by atoms with Gasteiger partial charge in [-0.3, -0.25) is 0 Å². The van der Waals surface area contributed by atoms with E-state index in [4.69, 9.17) is 0 Å². The molecule has 0 radical (unpaired) electrons. The van der Waals surface area contributed by atoms with Crippen LogP contribution in [0.4, 0.5) is 0 Å². The van der Waals surface area contributed by atoms with E-state index in [1.165, 1.54) is 7.11 Å². The summed E-state index contributed by atoms with van der Waals surface area (Å²) in [7, 11) is 1.27. The highest BCUT2D eigenvalue weighted by Gasteiger charge is 2.20. The summed E-state index contributed by atoms with van der Waals surface area (Å²) in [4.78, 5) is 11.2. The maximum atomic E-state index is 11.2. The number of hydrogen-bond acceptors (Lipinski definition) is 3. The standard InChI is InChI=1S/C12H16O3/c1-4-9-6-5-8(2)7-10(9)11(13)12(14)15-3/h5-7,11,13H,4H2,1-3H3. The van der Waals surface area contributed by atoms with E-state index in [1.807, 2.05) is 32.0 Å². The number of carbonyl (C=O) groups is 1. The minimum absolute atomic E-state index is 0.615. The van der Waals surface area contributed by atoms with Gasteiger partial charge in [0.05, 0.1) is 7.11 Å². The molecular weight excluding hydrogens is 192 g/mol. The Hall–Kier alpha value is -1.35. The average molecular weight is 208 g/mol. The summed E-state index contributed by atoms with van der Waals surface area (Å²) >= 11 is 0. The molecule has 0 heterocycles. The van der Waals surface area contributed by atoms with Crippen molar-refractivity contribution in [2.45, 2.75) is 26.4 Å². The predicted octanol–water partition coefficient (Wildman–Crippen LogP) is 1.76. The Balaban J connectivity index is 3.10. The summed E-state index contributed by atoms with van der Waals surface area (Å²) in [6, 6.07) is 5.71. The number of carbonyl (C=O) groups excluding carboxylic acids is 1. The highest BCUT2D eigenvalue weighted by molar-refractivity contribution is 5.76. The summed E-state index contributed by atoms with van der Waals surface area (Å²) in [5.41, 5.74) is 2.63. The number of rotatable bonds is 3. The Bertz CT molecular complexity index is 358. The second kappa shape index (κ2) is 4.94. The van der Waals surface area contributed by atoms with Gasteiger partial charge >= 0.3 is 5.97 Å². The fourth-order valence-corrected chi connectivity index (χ4v) is 1.53. The van der Waals surface area contributed by atoms with Gasteiger partial charge in [0.25, 0.3) is 0 Å². The lowest BCUT2D eigenvalue weighted by Crippen LogP contribution is -2.15. The van der Waals surface area contributed by atoms with E-state index in [2.05, 4.69) is 4.74 Å². The van der Waals surface area contributed by atoms with Crippen LogP contribution in [-0.4, -0.2) is 18.2 Å². The number of benzene rings is 1. The minimum Gasteiger partial charge on any atom is -0.467 e. The van der Waals surface area contributed by atoms with E-state index in [-0.39, 0.29) is 0 Å². The van der Waals surface area contributed by atoms with Gasteiger partial charge in [-0.05, 0) is 24.5 Å². The lowest BCUT2D eigenvalue weighted by atomic mass is 9.98. The largest absolute Gasteiger partial charge is 0.467 e. The molecule has 0 spiro atoms. The van der Waals surface area contributed by atoms with E-state index >= 15 is 0 Å². The first-order valence-corrected chi connectivity index (χ1v) is 4.95. The molecule has 1 aromatic carbocycles. The molecule has 0 aliphatic heterocycles. The molecule has 0 amide bonds. The molecule has 1 N–H and O–H groups in total. The number of esters is 1. The van der Waals surface area contributed by atoms with Crippen molar-refractivity contribution in [1.82, 2.24) is 0 Å². The summed E-state index contributed by atoms with van der Waals surface area (Å²) in [6.07, 6.45) is -0.395. The fraction of sp³-hybridized carbons (Fsp3) is 0.417. The fourth-order valence-electron chi connectivity index (χ4n) is 1.53. The van der Waals surface area contributed by atoms with Crippen LogP contribution in [0.2, 0.25) is 0 Å². The van der Waals surface area contributed by atoms with Crippen LogP contribution in [-0.2, 0) is 16.0 Å². The molecule has 15 heavy (non-hydrogen) atoms. The summed E-state index contributed by atoms with van der Waals surface area (Å²) < 4.78 is 4.52. The van der Waals surface area contributed by atoms with Gasteiger partial charge in [-0.2, -0.15) is 0 Å². The topological polar surface area (TPSA) is 46.5 Å². The molecule has 3 nitrogen and oxygen atoms in total. The normalized spacial score (nSPS) is 12.3. The number of hydrogen-bond donors (Lipinski definition) is 1. The first-order valence-electron chi connectivity index (χ1n) is 4.95. The van der Waals surface area contributed by atoms with E-state index in [0.717, 1.165) is 17.5 Å². The molecular formula is C12H16O3. The third kappa shape index (κ3) is 2.57.